The Hall–Kier alpha value is -0.890. The van der Waals surface area contributed by atoms with Crippen LogP contribution in [-0.2, 0) is 11.3 Å². The van der Waals surface area contributed by atoms with Gasteiger partial charge in [-0.25, -0.2) is 9.38 Å². The van der Waals surface area contributed by atoms with E-state index in [4.69, 9.17) is 4.74 Å². The Morgan fingerprint density at radius 3 is 2.95 bits per heavy atom. The molecule has 1 unspecified atom stereocenters. The SMILES string of the molecule is CCNC(=NCc1cccc(F)c1)NCCC1CCCO1.I. The van der Waals surface area contributed by atoms with Crippen LogP contribution in [0.25, 0.3) is 0 Å². The lowest BCUT2D eigenvalue weighted by Gasteiger charge is -2.13. The summed E-state index contributed by atoms with van der Waals surface area (Å²) in [6, 6.07) is 6.54. The smallest absolute Gasteiger partial charge is 0.191 e. The largest absolute Gasteiger partial charge is 0.378 e. The number of halogens is 2. The average molecular weight is 421 g/mol. The molecule has 1 aromatic rings. The topological polar surface area (TPSA) is 45.7 Å². The summed E-state index contributed by atoms with van der Waals surface area (Å²) in [5.74, 6) is 0.541. The van der Waals surface area contributed by atoms with Crippen molar-refractivity contribution in [3.8, 4) is 0 Å². The summed E-state index contributed by atoms with van der Waals surface area (Å²) in [4.78, 5) is 4.48. The molecule has 1 fully saturated rings. The van der Waals surface area contributed by atoms with Crippen LogP contribution in [0.2, 0.25) is 0 Å². The van der Waals surface area contributed by atoms with Gasteiger partial charge in [-0.2, -0.15) is 0 Å². The van der Waals surface area contributed by atoms with E-state index in [1.807, 2.05) is 13.0 Å². The maximum atomic E-state index is 13.1. The summed E-state index contributed by atoms with van der Waals surface area (Å²) in [5.41, 5.74) is 0.867. The van der Waals surface area contributed by atoms with E-state index < -0.39 is 0 Å². The van der Waals surface area contributed by atoms with E-state index in [2.05, 4.69) is 15.6 Å². The molecule has 0 amide bonds. The fourth-order valence-corrected chi connectivity index (χ4v) is 2.37. The highest BCUT2D eigenvalue weighted by molar-refractivity contribution is 14.0. The fraction of sp³-hybridized carbons (Fsp3) is 0.562. The molecule has 0 aliphatic carbocycles. The van der Waals surface area contributed by atoms with Gasteiger partial charge in [-0.15, -0.1) is 24.0 Å². The Morgan fingerprint density at radius 1 is 1.41 bits per heavy atom. The molecular formula is C16H25FIN3O. The zero-order valence-corrected chi connectivity index (χ0v) is 15.3. The number of rotatable bonds is 6. The molecule has 0 saturated carbocycles. The molecular weight excluding hydrogens is 396 g/mol. The number of nitrogens with one attached hydrogen (secondary N) is 2. The zero-order valence-electron chi connectivity index (χ0n) is 13.0. The van der Waals surface area contributed by atoms with Gasteiger partial charge in [0.2, 0.25) is 0 Å². The van der Waals surface area contributed by atoms with Gasteiger partial charge >= 0.3 is 0 Å². The first kappa shape index (κ1) is 19.2. The molecule has 6 heteroatoms. The van der Waals surface area contributed by atoms with Crippen molar-refractivity contribution >= 4 is 29.9 Å². The van der Waals surface area contributed by atoms with Crippen LogP contribution in [0.5, 0.6) is 0 Å². The summed E-state index contributed by atoms with van der Waals surface area (Å²) in [7, 11) is 0. The molecule has 0 spiro atoms. The predicted molar refractivity (Wildman–Crippen MR) is 98.2 cm³/mol. The van der Waals surface area contributed by atoms with Crippen LogP contribution in [0.1, 0.15) is 31.7 Å². The number of aliphatic imine (C=N–C) groups is 1. The van der Waals surface area contributed by atoms with Crippen molar-refractivity contribution in [3.05, 3.63) is 35.6 Å². The Balaban J connectivity index is 0.00000242. The first-order chi connectivity index (χ1) is 10.3. The monoisotopic (exact) mass is 421 g/mol. The van der Waals surface area contributed by atoms with Crippen molar-refractivity contribution < 1.29 is 9.13 Å². The van der Waals surface area contributed by atoms with E-state index in [0.717, 1.165) is 44.1 Å². The number of nitrogens with zero attached hydrogens (tertiary/aromatic N) is 1. The zero-order chi connectivity index (χ0) is 14.9. The second-order valence-electron chi connectivity index (χ2n) is 5.18. The van der Waals surface area contributed by atoms with Crippen molar-refractivity contribution in [1.29, 1.82) is 0 Å². The van der Waals surface area contributed by atoms with E-state index in [-0.39, 0.29) is 29.8 Å². The van der Waals surface area contributed by atoms with Gasteiger partial charge < -0.3 is 15.4 Å². The predicted octanol–water partition coefficient (Wildman–Crippen LogP) is 3.07. The maximum absolute atomic E-state index is 13.1. The highest BCUT2D eigenvalue weighted by Gasteiger charge is 2.14. The van der Waals surface area contributed by atoms with Crippen molar-refractivity contribution in [3.63, 3.8) is 0 Å². The van der Waals surface area contributed by atoms with Gasteiger partial charge in [0.1, 0.15) is 5.82 Å². The van der Waals surface area contributed by atoms with Gasteiger partial charge in [0, 0.05) is 19.7 Å². The molecule has 2 rings (SSSR count). The third kappa shape index (κ3) is 6.91. The average Bonchev–Trinajstić information content (AvgIpc) is 2.98. The Morgan fingerprint density at radius 2 is 2.27 bits per heavy atom. The van der Waals surface area contributed by atoms with E-state index in [0.29, 0.717) is 12.6 Å². The fourth-order valence-electron chi connectivity index (χ4n) is 2.37. The lowest BCUT2D eigenvalue weighted by molar-refractivity contribution is 0.105. The molecule has 0 bridgehead atoms. The molecule has 0 radical (unpaired) electrons. The Labute approximate surface area is 148 Å². The Kier molecular flexibility index (Phi) is 9.38. The molecule has 0 aromatic heterocycles. The normalized spacial score (nSPS) is 17.9. The standard InChI is InChI=1S/C16H24FN3O.HI/c1-2-18-16(19-9-8-15-7-4-10-21-15)20-12-13-5-3-6-14(17)11-13;/h3,5-6,11,15H,2,4,7-10,12H2,1H3,(H2,18,19,20);1H. The molecule has 2 N–H and O–H groups in total. The molecule has 4 nitrogen and oxygen atoms in total. The van der Waals surface area contributed by atoms with Crippen molar-refractivity contribution in [1.82, 2.24) is 10.6 Å². The minimum absolute atomic E-state index is 0. The molecule has 1 atom stereocenters. The minimum Gasteiger partial charge on any atom is -0.378 e. The maximum Gasteiger partial charge on any atom is 0.191 e. The van der Waals surface area contributed by atoms with Crippen molar-refractivity contribution in [2.45, 2.75) is 38.8 Å². The summed E-state index contributed by atoms with van der Waals surface area (Å²) < 4.78 is 18.7. The number of guanidine groups is 1. The van der Waals surface area contributed by atoms with Crippen LogP contribution in [0.4, 0.5) is 4.39 Å². The van der Waals surface area contributed by atoms with E-state index in [1.165, 1.54) is 18.6 Å². The van der Waals surface area contributed by atoms with Crippen LogP contribution < -0.4 is 10.6 Å². The molecule has 124 valence electrons. The molecule has 1 saturated heterocycles. The molecule has 22 heavy (non-hydrogen) atoms. The second kappa shape index (κ2) is 10.8. The quantitative estimate of drug-likeness (QED) is 0.422. The highest BCUT2D eigenvalue weighted by atomic mass is 127. The van der Waals surface area contributed by atoms with Gasteiger partial charge in [0.15, 0.2) is 5.96 Å². The van der Waals surface area contributed by atoms with Crippen LogP contribution in [-0.4, -0.2) is 31.8 Å². The number of hydrogen-bond donors (Lipinski definition) is 2. The summed E-state index contributed by atoms with van der Waals surface area (Å²) >= 11 is 0. The first-order valence-corrected chi connectivity index (χ1v) is 7.66. The van der Waals surface area contributed by atoms with Crippen LogP contribution in [0.3, 0.4) is 0 Å². The third-order valence-corrected chi connectivity index (χ3v) is 3.44. The van der Waals surface area contributed by atoms with Crippen LogP contribution in [0.15, 0.2) is 29.3 Å². The second-order valence-corrected chi connectivity index (χ2v) is 5.18. The van der Waals surface area contributed by atoms with E-state index >= 15 is 0 Å². The van der Waals surface area contributed by atoms with Crippen LogP contribution in [0, 0.1) is 5.82 Å². The van der Waals surface area contributed by atoms with Gasteiger partial charge in [0.05, 0.1) is 12.6 Å². The molecule has 1 aromatic carbocycles. The summed E-state index contributed by atoms with van der Waals surface area (Å²) in [6.45, 7) is 5.01. The minimum atomic E-state index is -0.223. The molecule has 1 aliphatic rings. The summed E-state index contributed by atoms with van der Waals surface area (Å²) in [6.07, 6.45) is 3.69. The van der Waals surface area contributed by atoms with E-state index in [9.17, 15) is 4.39 Å². The molecule has 1 heterocycles. The number of hydrogen-bond acceptors (Lipinski definition) is 2. The van der Waals surface area contributed by atoms with Gasteiger partial charge in [0.25, 0.3) is 0 Å². The van der Waals surface area contributed by atoms with Crippen LogP contribution >= 0.6 is 24.0 Å². The van der Waals surface area contributed by atoms with Gasteiger partial charge in [-0.3, -0.25) is 0 Å². The third-order valence-electron chi connectivity index (χ3n) is 3.44. The highest BCUT2D eigenvalue weighted by Crippen LogP contribution is 2.14. The first-order valence-electron chi connectivity index (χ1n) is 7.66. The van der Waals surface area contributed by atoms with Crippen molar-refractivity contribution in [2.75, 3.05) is 19.7 Å². The number of ether oxygens (including phenoxy) is 1. The summed E-state index contributed by atoms with van der Waals surface area (Å²) in [5, 5.41) is 6.49. The molecule has 1 aliphatic heterocycles. The number of benzene rings is 1. The van der Waals surface area contributed by atoms with E-state index in [1.54, 1.807) is 6.07 Å². The Bertz CT molecular complexity index is 464. The lowest BCUT2D eigenvalue weighted by atomic mass is 10.2. The van der Waals surface area contributed by atoms with Crippen molar-refractivity contribution in [2.24, 2.45) is 4.99 Å². The lowest BCUT2D eigenvalue weighted by Crippen LogP contribution is -2.38. The van der Waals surface area contributed by atoms with Gasteiger partial charge in [-0.1, -0.05) is 12.1 Å². The van der Waals surface area contributed by atoms with Gasteiger partial charge in [-0.05, 0) is 43.9 Å².